The first-order chi connectivity index (χ1) is 9.30. The van der Waals surface area contributed by atoms with Crippen molar-refractivity contribution >= 4 is 0 Å². The van der Waals surface area contributed by atoms with Gasteiger partial charge in [-0.25, -0.2) is 9.97 Å². The quantitative estimate of drug-likeness (QED) is 0.891. The molecule has 2 N–H and O–H groups in total. The summed E-state index contributed by atoms with van der Waals surface area (Å²) in [6, 6.07) is 8.13. The molecule has 1 atom stereocenters. The van der Waals surface area contributed by atoms with E-state index in [2.05, 4.69) is 29.0 Å². The van der Waals surface area contributed by atoms with E-state index in [0.717, 1.165) is 23.4 Å². The van der Waals surface area contributed by atoms with Gasteiger partial charge < -0.3 is 10.5 Å². The van der Waals surface area contributed by atoms with Crippen LogP contribution in [-0.2, 0) is 6.42 Å². The average molecular weight is 257 g/mol. The lowest BCUT2D eigenvalue weighted by atomic mass is 9.92. The molecular formula is C15H19N3O. The van der Waals surface area contributed by atoms with Gasteiger partial charge in [-0.1, -0.05) is 19.1 Å². The number of benzene rings is 1. The number of aryl methyl sites for hydroxylation is 1. The van der Waals surface area contributed by atoms with Crippen LogP contribution in [0, 0.1) is 0 Å². The second-order valence-corrected chi connectivity index (χ2v) is 4.35. The molecule has 0 aliphatic rings. The highest BCUT2D eigenvalue weighted by molar-refractivity contribution is 5.43. The summed E-state index contributed by atoms with van der Waals surface area (Å²) in [7, 11) is 1.68. The van der Waals surface area contributed by atoms with Crippen molar-refractivity contribution in [2.45, 2.75) is 19.3 Å². The van der Waals surface area contributed by atoms with E-state index in [1.807, 2.05) is 12.1 Å². The zero-order valence-corrected chi connectivity index (χ0v) is 11.3. The molecule has 1 aromatic carbocycles. The molecule has 4 heteroatoms. The molecule has 1 heterocycles. The SMILES string of the molecule is CCc1ccc(OC)c(C(CN)c2ccncn2)c1. The highest BCUT2D eigenvalue weighted by atomic mass is 16.5. The van der Waals surface area contributed by atoms with Gasteiger partial charge in [0.15, 0.2) is 0 Å². The van der Waals surface area contributed by atoms with Crippen LogP contribution in [-0.4, -0.2) is 23.6 Å². The fraction of sp³-hybridized carbons (Fsp3) is 0.333. The lowest BCUT2D eigenvalue weighted by Crippen LogP contribution is -2.16. The Kier molecular flexibility index (Phi) is 4.47. The minimum Gasteiger partial charge on any atom is -0.496 e. The van der Waals surface area contributed by atoms with E-state index in [1.165, 1.54) is 5.56 Å². The molecule has 4 nitrogen and oxygen atoms in total. The third-order valence-electron chi connectivity index (χ3n) is 3.28. The van der Waals surface area contributed by atoms with E-state index in [-0.39, 0.29) is 5.92 Å². The Morgan fingerprint density at radius 3 is 2.74 bits per heavy atom. The molecule has 2 aromatic rings. The van der Waals surface area contributed by atoms with E-state index < -0.39 is 0 Å². The van der Waals surface area contributed by atoms with Crippen LogP contribution >= 0.6 is 0 Å². The van der Waals surface area contributed by atoms with Gasteiger partial charge in [0.05, 0.1) is 12.8 Å². The van der Waals surface area contributed by atoms with Crippen LogP contribution in [0.1, 0.15) is 29.7 Å². The predicted octanol–water partition coefficient (Wildman–Crippen LogP) is 2.14. The number of hydrogen-bond acceptors (Lipinski definition) is 4. The summed E-state index contributed by atoms with van der Waals surface area (Å²) in [5, 5.41) is 0. The van der Waals surface area contributed by atoms with Gasteiger partial charge in [0.1, 0.15) is 12.1 Å². The van der Waals surface area contributed by atoms with Crippen molar-refractivity contribution in [2.75, 3.05) is 13.7 Å². The van der Waals surface area contributed by atoms with Crippen molar-refractivity contribution in [1.82, 2.24) is 9.97 Å². The number of ether oxygens (including phenoxy) is 1. The number of nitrogens with zero attached hydrogens (tertiary/aromatic N) is 2. The molecule has 2 rings (SSSR count). The molecule has 1 aromatic heterocycles. The first-order valence-electron chi connectivity index (χ1n) is 6.43. The second kappa shape index (κ2) is 6.29. The Morgan fingerprint density at radius 2 is 2.16 bits per heavy atom. The van der Waals surface area contributed by atoms with Gasteiger partial charge in [0.2, 0.25) is 0 Å². The summed E-state index contributed by atoms with van der Waals surface area (Å²) in [6.45, 7) is 2.62. The Morgan fingerprint density at radius 1 is 1.32 bits per heavy atom. The van der Waals surface area contributed by atoms with Gasteiger partial charge in [-0.2, -0.15) is 0 Å². The van der Waals surface area contributed by atoms with Gasteiger partial charge in [-0.15, -0.1) is 0 Å². The fourth-order valence-electron chi connectivity index (χ4n) is 2.19. The molecule has 0 saturated heterocycles. The van der Waals surface area contributed by atoms with Gasteiger partial charge in [0, 0.05) is 24.2 Å². The lowest BCUT2D eigenvalue weighted by Gasteiger charge is -2.18. The molecule has 0 aliphatic heterocycles. The van der Waals surface area contributed by atoms with Crippen molar-refractivity contribution in [1.29, 1.82) is 0 Å². The molecule has 0 radical (unpaired) electrons. The van der Waals surface area contributed by atoms with Crippen molar-refractivity contribution in [3.8, 4) is 5.75 Å². The molecule has 100 valence electrons. The van der Waals surface area contributed by atoms with Crippen LogP contribution in [0.2, 0.25) is 0 Å². The van der Waals surface area contributed by atoms with Crippen LogP contribution in [0.25, 0.3) is 0 Å². The van der Waals surface area contributed by atoms with Crippen LogP contribution < -0.4 is 10.5 Å². The van der Waals surface area contributed by atoms with Crippen LogP contribution in [0.4, 0.5) is 0 Å². The van der Waals surface area contributed by atoms with Gasteiger partial charge in [-0.05, 0) is 24.1 Å². The number of aromatic nitrogens is 2. The molecule has 0 aliphatic carbocycles. The zero-order valence-electron chi connectivity index (χ0n) is 11.3. The third-order valence-corrected chi connectivity index (χ3v) is 3.28. The van der Waals surface area contributed by atoms with Crippen LogP contribution in [0.5, 0.6) is 5.75 Å². The summed E-state index contributed by atoms with van der Waals surface area (Å²) in [6.07, 6.45) is 4.27. The minimum absolute atomic E-state index is 0.0319. The highest BCUT2D eigenvalue weighted by Crippen LogP contribution is 2.31. The maximum atomic E-state index is 5.94. The third kappa shape index (κ3) is 2.90. The topological polar surface area (TPSA) is 61.0 Å². The summed E-state index contributed by atoms with van der Waals surface area (Å²) in [4.78, 5) is 8.26. The van der Waals surface area contributed by atoms with E-state index in [0.29, 0.717) is 6.54 Å². The summed E-state index contributed by atoms with van der Waals surface area (Å²) >= 11 is 0. The minimum atomic E-state index is 0.0319. The van der Waals surface area contributed by atoms with Crippen molar-refractivity contribution in [3.05, 3.63) is 53.6 Å². The molecule has 0 spiro atoms. The summed E-state index contributed by atoms with van der Waals surface area (Å²) in [5.41, 5.74) is 9.21. The fourth-order valence-corrected chi connectivity index (χ4v) is 2.19. The van der Waals surface area contributed by atoms with E-state index in [9.17, 15) is 0 Å². The number of methoxy groups -OCH3 is 1. The second-order valence-electron chi connectivity index (χ2n) is 4.35. The number of rotatable bonds is 5. The van der Waals surface area contributed by atoms with Crippen molar-refractivity contribution in [3.63, 3.8) is 0 Å². The molecule has 1 unspecified atom stereocenters. The predicted molar refractivity (Wildman–Crippen MR) is 75.3 cm³/mol. The molecule has 0 amide bonds. The lowest BCUT2D eigenvalue weighted by molar-refractivity contribution is 0.407. The first kappa shape index (κ1) is 13.5. The van der Waals surface area contributed by atoms with Gasteiger partial charge in [-0.3, -0.25) is 0 Å². The normalized spacial score (nSPS) is 12.2. The maximum Gasteiger partial charge on any atom is 0.122 e. The average Bonchev–Trinajstić information content (AvgIpc) is 2.49. The standard InChI is InChI=1S/C15H19N3O/c1-3-11-4-5-15(19-2)12(8-11)13(9-16)14-6-7-17-10-18-14/h4-8,10,13H,3,9,16H2,1-2H3. The van der Waals surface area contributed by atoms with Crippen molar-refractivity contribution < 1.29 is 4.74 Å². The van der Waals surface area contributed by atoms with E-state index in [4.69, 9.17) is 10.5 Å². The van der Waals surface area contributed by atoms with Crippen molar-refractivity contribution in [2.24, 2.45) is 5.73 Å². The van der Waals surface area contributed by atoms with Gasteiger partial charge in [0.25, 0.3) is 0 Å². The Balaban J connectivity index is 2.48. The Bertz CT molecular complexity index is 528. The highest BCUT2D eigenvalue weighted by Gasteiger charge is 2.18. The largest absolute Gasteiger partial charge is 0.496 e. The van der Waals surface area contributed by atoms with Gasteiger partial charge >= 0.3 is 0 Å². The molecular weight excluding hydrogens is 238 g/mol. The molecule has 19 heavy (non-hydrogen) atoms. The zero-order chi connectivity index (χ0) is 13.7. The summed E-state index contributed by atoms with van der Waals surface area (Å²) < 4.78 is 5.45. The Labute approximate surface area is 113 Å². The first-order valence-corrected chi connectivity index (χ1v) is 6.43. The van der Waals surface area contributed by atoms with E-state index >= 15 is 0 Å². The number of nitrogens with two attached hydrogens (primary N) is 1. The smallest absolute Gasteiger partial charge is 0.122 e. The van der Waals surface area contributed by atoms with Crippen LogP contribution in [0.3, 0.4) is 0 Å². The Hall–Kier alpha value is -1.94. The summed E-state index contributed by atoms with van der Waals surface area (Å²) in [5.74, 6) is 0.885. The molecule has 0 bridgehead atoms. The van der Waals surface area contributed by atoms with E-state index in [1.54, 1.807) is 19.6 Å². The van der Waals surface area contributed by atoms with Crippen LogP contribution in [0.15, 0.2) is 36.8 Å². The molecule has 0 saturated carbocycles. The maximum absolute atomic E-state index is 5.94. The monoisotopic (exact) mass is 257 g/mol. The number of hydrogen-bond donors (Lipinski definition) is 1. The molecule has 0 fully saturated rings.